The van der Waals surface area contributed by atoms with Crippen LogP contribution < -0.4 is 11.1 Å². The molecule has 0 saturated carbocycles. The molecule has 5 nitrogen and oxygen atoms in total. The Morgan fingerprint density at radius 3 is 2.80 bits per heavy atom. The van der Waals surface area contributed by atoms with Crippen molar-refractivity contribution >= 4 is 40.3 Å². The van der Waals surface area contributed by atoms with Crippen LogP contribution in [0.5, 0.6) is 0 Å². The van der Waals surface area contributed by atoms with Crippen LogP contribution >= 0.6 is 23.5 Å². The van der Waals surface area contributed by atoms with Gasteiger partial charge in [-0.05, 0) is 5.56 Å². The fourth-order valence-corrected chi connectivity index (χ4v) is 2.89. The molecule has 0 atom stereocenters. The molecule has 0 unspecified atom stereocenters. The van der Waals surface area contributed by atoms with Crippen LogP contribution in [-0.4, -0.2) is 40.6 Å². The summed E-state index contributed by atoms with van der Waals surface area (Å²) in [4.78, 5) is 11.6. The van der Waals surface area contributed by atoms with Crippen molar-refractivity contribution in [2.75, 3.05) is 23.8 Å². The van der Waals surface area contributed by atoms with Crippen molar-refractivity contribution in [3.63, 3.8) is 0 Å². The lowest BCUT2D eigenvalue weighted by molar-refractivity contribution is -0.117. The summed E-state index contributed by atoms with van der Waals surface area (Å²) in [5.41, 5.74) is 7.36. The molecule has 0 bridgehead atoms. The molecule has 1 aliphatic rings. The number of amides is 1. The number of nitrogens with two attached hydrogens (primary N) is 1. The van der Waals surface area contributed by atoms with Gasteiger partial charge in [-0.3, -0.25) is 4.79 Å². The molecule has 1 aromatic carbocycles. The minimum Gasteiger partial charge on any atom is -0.330 e. The van der Waals surface area contributed by atoms with E-state index >= 15 is 0 Å². The highest BCUT2D eigenvalue weighted by Crippen LogP contribution is 2.14. The number of thioether (sulfide) groups is 2. The summed E-state index contributed by atoms with van der Waals surface area (Å²) in [5.74, 6) is 1.82. The molecular weight excluding hydrogens is 292 g/mol. The number of nitrogens with one attached hydrogen (secondary N) is 1. The predicted molar refractivity (Wildman–Crippen MR) is 87.4 cm³/mol. The number of carbonyl (C=O) groups is 1. The number of benzene rings is 1. The molecule has 0 aromatic heterocycles. The third kappa shape index (κ3) is 4.66. The molecule has 1 heterocycles. The highest BCUT2D eigenvalue weighted by atomic mass is 32.2. The zero-order chi connectivity index (χ0) is 14.2. The van der Waals surface area contributed by atoms with Gasteiger partial charge in [-0.15, -0.1) is 5.10 Å². The lowest BCUT2D eigenvalue weighted by atomic mass is 10.1. The minimum atomic E-state index is -0.0620. The largest absolute Gasteiger partial charge is 0.330 e. The van der Waals surface area contributed by atoms with E-state index in [0.717, 1.165) is 17.0 Å². The highest BCUT2D eigenvalue weighted by Gasteiger charge is 2.14. The standard InChI is InChI=1S/C13H16N4OS2/c14-6-7-19-9-12(18)15-13-17-16-11(8-20-13)10-4-2-1-3-5-10/h1-5H,6-9,14H2,(H,15,17,18). The van der Waals surface area contributed by atoms with E-state index in [1.807, 2.05) is 30.3 Å². The first-order valence-corrected chi connectivity index (χ1v) is 8.34. The second-order valence-electron chi connectivity index (χ2n) is 4.00. The van der Waals surface area contributed by atoms with Gasteiger partial charge in [-0.2, -0.15) is 16.9 Å². The Balaban J connectivity index is 1.88. The first kappa shape index (κ1) is 15.1. The van der Waals surface area contributed by atoms with Crippen molar-refractivity contribution in [2.45, 2.75) is 0 Å². The van der Waals surface area contributed by atoms with E-state index in [2.05, 4.69) is 15.5 Å². The summed E-state index contributed by atoms with van der Waals surface area (Å²) in [6.07, 6.45) is 0. The number of hydrogen-bond donors (Lipinski definition) is 2. The third-order valence-corrected chi connectivity index (χ3v) is 4.32. The quantitative estimate of drug-likeness (QED) is 0.804. The Morgan fingerprint density at radius 1 is 1.35 bits per heavy atom. The minimum absolute atomic E-state index is 0.0620. The molecule has 0 saturated heterocycles. The Bertz CT molecular complexity index is 516. The zero-order valence-corrected chi connectivity index (χ0v) is 12.5. The molecule has 3 N–H and O–H groups in total. The molecule has 2 rings (SSSR count). The second kappa shape index (κ2) is 8.08. The zero-order valence-electron chi connectivity index (χ0n) is 10.9. The molecule has 0 radical (unpaired) electrons. The van der Waals surface area contributed by atoms with Crippen molar-refractivity contribution in [3.8, 4) is 0 Å². The molecule has 0 aliphatic carbocycles. The number of rotatable bonds is 5. The van der Waals surface area contributed by atoms with E-state index in [1.165, 1.54) is 23.5 Å². The van der Waals surface area contributed by atoms with E-state index in [0.29, 0.717) is 23.2 Å². The molecule has 0 spiro atoms. The smallest absolute Gasteiger partial charge is 0.235 e. The van der Waals surface area contributed by atoms with Gasteiger partial charge in [0.2, 0.25) is 5.91 Å². The second-order valence-corrected chi connectivity index (χ2v) is 6.07. The number of hydrogen-bond acceptors (Lipinski definition) is 6. The van der Waals surface area contributed by atoms with Gasteiger partial charge in [0.05, 0.1) is 11.5 Å². The topological polar surface area (TPSA) is 79.8 Å². The summed E-state index contributed by atoms with van der Waals surface area (Å²) in [6, 6.07) is 9.91. The van der Waals surface area contributed by atoms with E-state index in [4.69, 9.17) is 5.73 Å². The molecule has 1 aromatic rings. The number of carbonyl (C=O) groups excluding carboxylic acids is 1. The molecule has 20 heavy (non-hydrogen) atoms. The van der Waals surface area contributed by atoms with Crippen LogP contribution in [-0.2, 0) is 4.79 Å². The molecule has 1 amide bonds. The van der Waals surface area contributed by atoms with Gasteiger partial charge < -0.3 is 11.1 Å². The molecule has 7 heteroatoms. The van der Waals surface area contributed by atoms with Gasteiger partial charge in [-0.25, -0.2) is 0 Å². The lowest BCUT2D eigenvalue weighted by Gasteiger charge is -2.12. The van der Waals surface area contributed by atoms with Gasteiger partial charge in [0.1, 0.15) is 0 Å². The lowest BCUT2D eigenvalue weighted by Crippen LogP contribution is -2.32. The van der Waals surface area contributed by atoms with E-state index in [9.17, 15) is 4.79 Å². The first-order valence-electron chi connectivity index (χ1n) is 6.20. The summed E-state index contributed by atoms with van der Waals surface area (Å²) in [5, 5.41) is 11.5. The predicted octanol–water partition coefficient (Wildman–Crippen LogP) is 1.30. The molecule has 106 valence electrons. The van der Waals surface area contributed by atoms with Crippen LogP contribution in [0.4, 0.5) is 0 Å². The van der Waals surface area contributed by atoms with Crippen LogP contribution in [0, 0.1) is 0 Å². The van der Waals surface area contributed by atoms with Crippen LogP contribution in [0.15, 0.2) is 40.5 Å². The third-order valence-electron chi connectivity index (χ3n) is 2.46. The van der Waals surface area contributed by atoms with Crippen molar-refractivity contribution < 1.29 is 4.79 Å². The SMILES string of the molecule is NCCSCC(=O)NC1=NN=C(c2ccccc2)CS1. The van der Waals surface area contributed by atoms with Gasteiger partial charge in [0.25, 0.3) is 0 Å². The van der Waals surface area contributed by atoms with E-state index in [1.54, 1.807) is 0 Å². The van der Waals surface area contributed by atoms with Gasteiger partial charge in [-0.1, -0.05) is 42.1 Å². The maximum absolute atomic E-state index is 11.6. The summed E-state index contributed by atoms with van der Waals surface area (Å²) in [7, 11) is 0. The van der Waals surface area contributed by atoms with Gasteiger partial charge in [0.15, 0.2) is 5.17 Å². The van der Waals surface area contributed by atoms with Crippen molar-refractivity contribution in [2.24, 2.45) is 15.9 Å². The highest BCUT2D eigenvalue weighted by molar-refractivity contribution is 8.14. The average molecular weight is 308 g/mol. The van der Waals surface area contributed by atoms with Crippen LogP contribution in [0.1, 0.15) is 5.56 Å². The van der Waals surface area contributed by atoms with Crippen molar-refractivity contribution in [1.82, 2.24) is 5.32 Å². The Hall–Kier alpha value is -1.31. The van der Waals surface area contributed by atoms with Gasteiger partial charge >= 0.3 is 0 Å². The average Bonchev–Trinajstić information content (AvgIpc) is 2.49. The normalized spacial score (nSPS) is 14.4. The monoisotopic (exact) mass is 308 g/mol. The summed E-state index contributed by atoms with van der Waals surface area (Å²) < 4.78 is 0. The van der Waals surface area contributed by atoms with Crippen LogP contribution in [0.2, 0.25) is 0 Å². The maximum atomic E-state index is 11.6. The van der Waals surface area contributed by atoms with E-state index in [-0.39, 0.29) is 5.91 Å². The maximum Gasteiger partial charge on any atom is 0.235 e. The number of amidine groups is 1. The Labute approximate surface area is 126 Å². The van der Waals surface area contributed by atoms with Gasteiger partial charge in [0, 0.05) is 18.1 Å². The fraction of sp³-hybridized carbons (Fsp3) is 0.308. The fourth-order valence-electron chi connectivity index (χ4n) is 1.54. The van der Waals surface area contributed by atoms with Crippen molar-refractivity contribution in [1.29, 1.82) is 0 Å². The molecular formula is C13H16N4OS2. The van der Waals surface area contributed by atoms with E-state index < -0.39 is 0 Å². The van der Waals surface area contributed by atoms with Crippen molar-refractivity contribution in [3.05, 3.63) is 35.9 Å². The number of nitrogens with zero attached hydrogens (tertiary/aromatic N) is 2. The summed E-state index contributed by atoms with van der Waals surface area (Å²) in [6.45, 7) is 0.582. The Kier molecular flexibility index (Phi) is 6.10. The van der Waals surface area contributed by atoms with Crippen LogP contribution in [0.25, 0.3) is 0 Å². The van der Waals surface area contributed by atoms with Crippen LogP contribution in [0.3, 0.4) is 0 Å². The molecule has 1 aliphatic heterocycles. The first-order chi connectivity index (χ1) is 9.79. The summed E-state index contributed by atoms with van der Waals surface area (Å²) >= 11 is 3.00. The Morgan fingerprint density at radius 2 is 2.15 bits per heavy atom. The molecule has 0 fully saturated rings.